The minimum atomic E-state index is 0.0420. The molecule has 1 N–H and O–H groups in total. The molecule has 0 bridgehead atoms. The van der Waals surface area contributed by atoms with Crippen LogP contribution >= 0.6 is 22.6 Å². The van der Waals surface area contributed by atoms with Crippen LogP contribution in [-0.4, -0.2) is 36.5 Å². The first kappa shape index (κ1) is 16.7. The van der Waals surface area contributed by atoms with E-state index in [-0.39, 0.29) is 5.91 Å². The van der Waals surface area contributed by atoms with E-state index in [1.54, 1.807) is 0 Å². The second kappa shape index (κ2) is 7.58. The highest BCUT2D eigenvalue weighted by atomic mass is 127. The van der Waals surface area contributed by atoms with Crippen molar-refractivity contribution in [2.75, 3.05) is 19.6 Å². The molecule has 1 aliphatic rings. The van der Waals surface area contributed by atoms with Crippen molar-refractivity contribution in [1.29, 1.82) is 0 Å². The number of halogens is 1. The quantitative estimate of drug-likeness (QED) is 0.786. The van der Waals surface area contributed by atoms with Gasteiger partial charge in [0.25, 0.3) is 5.91 Å². The third-order valence-corrected chi connectivity index (χ3v) is 5.87. The molecule has 0 aliphatic carbocycles. The number of carbonyl (C=O) groups is 1. The number of nitrogens with zero attached hydrogens (tertiary/aromatic N) is 1. The zero-order valence-electron chi connectivity index (χ0n) is 13.2. The van der Waals surface area contributed by atoms with Crippen molar-refractivity contribution in [3.05, 3.63) is 32.9 Å². The molecule has 0 radical (unpaired) electrons. The lowest BCUT2D eigenvalue weighted by molar-refractivity contribution is 0.0921. The lowest BCUT2D eigenvalue weighted by atomic mass is 9.98. The normalized spacial score (nSPS) is 18.5. The number of hydrogen-bond donors (Lipinski definition) is 1. The standard InChI is InChI=1S/C17H25IN2O/c1-12-7-9-20(10-8-12)14(3)11-19-17(21)15-6-4-5-13(2)16(15)18/h4-6,12,14H,7-11H2,1-3H3,(H,19,21). The molecule has 2 rings (SSSR count). The van der Waals surface area contributed by atoms with Crippen molar-refractivity contribution < 1.29 is 4.79 Å². The summed E-state index contributed by atoms with van der Waals surface area (Å²) in [6.45, 7) is 9.59. The highest BCUT2D eigenvalue weighted by Gasteiger charge is 2.21. The van der Waals surface area contributed by atoms with Gasteiger partial charge in [-0.15, -0.1) is 0 Å². The van der Waals surface area contributed by atoms with Gasteiger partial charge < -0.3 is 5.32 Å². The molecule has 1 aliphatic heterocycles. The minimum Gasteiger partial charge on any atom is -0.350 e. The summed E-state index contributed by atoms with van der Waals surface area (Å²) in [5.41, 5.74) is 1.94. The average molecular weight is 400 g/mol. The molecule has 1 saturated heterocycles. The highest BCUT2D eigenvalue weighted by Crippen LogP contribution is 2.18. The average Bonchev–Trinajstić information content (AvgIpc) is 2.48. The van der Waals surface area contributed by atoms with Crippen molar-refractivity contribution in [3.63, 3.8) is 0 Å². The van der Waals surface area contributed by atoms with Gasteiger partial charge in [-0.05, 0) is 79.9 Å². The molecule has 21 heavy (non-hydrogen) atoms. The second-order valence-corrected chi connectivity index (χ2v) is 7.29. The summed E-state index contributed by atoms with van der Waals surface area (Å²) in [5.74, 6) is 0.886. The predicted octanol–water partition coefficient (Wildman–Crippen LogP) is 3.45. The van der Waals surface area contributed by atoms with E-state index in [1.807, 2.05) is 25.1 Å². The van der Waals surface area contributed by atoms with E-state index in [1.165, 1.54) is 12.8 Å². The molecule has 1 atom stereocenters. The van der Waals surface area contributed by atoms with E-state index in [4.69, 9.17) is 0 Å². The molecule has 3 nitrogen and oxygen atoms in total. The Morgan fingerprint density at radius 2 is 2.10 bits per heavy atom. The summed E-state index contributed by atoms with van der Waals surface area (Å²) >= 11 is 2.25. The van der Waals surface area contributed by atoms with Crippen molar-refractivity contribution in [1.82, 2.24) is 10.2 Å². The van der Waals surface area contributed by atoms with Gasteiger partial charge in [0.1, 0.15) is 0 Å². The predicted molar refractivity (Wildman–Crippen MR) is 95.7 cm³/mol. The van der Waals surface area contributed by atoms with Crippen molar-refractivity contribution in [2.24, 2.45) is 5.92 Å². The molecule has 1 aromatic rings. The molecule has 116 valence electrons. The summed E-state index contributed by atoms with van der Waals surface area (Å²) in [7, 11) is 0. The van der Waals surface area contributed by atoms with Crippen LogP contribution in [0.5, 0.6) is 0 Å². The van der Waals surface area contributed by atoms with Gasteiger partial charge in [-0.1, -0.05) is 19.1 Å². The van der Waals surface area contributed by atoms with Crippen LogP contribution < -0.4 is 5.32 Å². The molecule has 1 aromatic carbocycles. The zero-order valence-corrected chi connectivity index (χ0v) is 15.3. The summed E-state index contributed by atoms with van der Waals surface area (Å²) in [5, 5.41) is 3.09. The van der Waals surface area contributed by atoms with E-state index in [2.05, 4.69) is 46.7 Å². The van der Waals surface area contributed by atoms with Crippen LogP contribution in [0.4, 0.5) is 0 Å². The number of amides is 1. The van der Waals surface area contributed by atoms with Crippen LogP contribution in [0.1, 0.15) is 42.6 Å². The third-order valence-electron chi connectivity index (χ3n) is 4.44. The van der Waals surface area contributed by atoms with Gasteiger partial charge in [-0.25, -0.2) is 0 Å². The lowest BCUT2D eigenvalue weighted by Crippen LogP contribution is -2.45. The molecule has 0 saturated carbocycles. The van der Waals surface area contributed by atoms with Crippen molar-refractivity contribution >= 4 is 28.5 Å². The largest absolute Gasteiger partial charge is 0.350 e. The second-order valence-electron chi connectivity index (χ2n) is 6.21. The maximum absolute atomic E-state index is 12.3. The smallest absolute Gasteiger partial charge is 0.252 e. The van der Waals surface area contributed by atoms with Crippen LogP contribution in [0.15, 0.2) is 18.2 Å². The molecular formula is C17H25IN2O. The third kappa shape index (κ3) is 4.42. The summed E-state index contributed by atoms with van der Waals surface area (Å²) in [6.07, 6.45) is 2.54. The Kier molecular flexibility index (Phi) is 6.05. The van der Waals surface area contributed by atoms with Gasteiger partial charge in [-0.3, -0.25) is 9.69 Å². The van der Waals surface area contributed by atoms with Gasteiger partial charge in [0.2, 0.25) is 0 Å². The SMILES string of the molecule is Cc1cccc(C(=O)NCC(C)N2CCC(C)CC2)c1I. The maximum atomic E-state index is 12.3. The summed E-state index contributed by atoms with van der Waals surface area (Å²) < 4.78 is 1.05. The fourth-order valence-corrected chi connectivity index (χ4v) is 3.36. The van der Waals surface area contributed by atoms with Gasteiger partial charge in [0.05, 0.1) is 5.56 Å². The topological polar surface area (TPSA) is 32.3 Å². The van der Waals surface area contributed by atoms with E-state index in [0.29, 0.717) is 6.04 Å². The lowest BCUT2D eigenvalue weighted by Gasteiger charge is -2.35. The van der Waals surface area contributed by atoms with E-state index in [0.717, 1.165) is 40.2 Å². The van der Waals surface area contributed by atoms with Crippen LogP contribution in [0, 0.1) is 16.4 Å². The van der Waals surface area contributed by atoms with Crippen LogP contribution in [0.25, 0.3) is 0 Å². The van der Waals surface area contributed by atoms with Gasteiger partial charge in [-0.2, -0.15) is 0 Å². The number of carbonyl (C=O) groups excluding carboxylic acids is 1. The van der Waals surface area contributed by atoms with E-state index < -0.39 is 0 Å². The molecule has 4 heteroatoms. The Bertz CT molecular complexity index is 496. The first-order chi connectivity index (χ1) is 9.99. The van der Waals surface area contributed by atoms with Crippen molar-refractivity contribution in [2.45, 2.75) is 39.7 Å². The Morgan fingerprint density at radius 1 is 1.43 bits per heavy atom. The number of likely N-dealkylation sites (tertiary alicyclic amines) is 1. The number of hydrogen-bond acceptors (Lipinski definition) is 2. The molecule has 0 aromatic heterocycles. The molecular weight excluding hydrogens is 375 g/mol. The van der Waals surface area contributed by atoms with Crippen LogP contribution in [0.3, 0.4) is 0 Å². The first-order valence-corrected chi connectivity index (χ1v) is 8.84. The maximum Gasteiger partial charge on any atom is 0.252 e. The number of rotatable bonds is 4. The number of nitrogens with one attached hydrogen (secondary N) is 1. The molecule has 0 spiro atoms. The Labute approximate surface area is 141 Å². The monoisotopic (exact) mass is 400 g/mol. The molecule has 1 fully saturated rings. The van der Waals surface area contributed by atoms with Gasteiger partial charge >= 0.3 is 0 Å². The number of aryl methyl sites for hydroxylation is 1. The fraction of sp³-hybridized carbons (Fsp3) is 0.588. The van der Waals surface area contributed by atoms with Crippen LogP contribution in [0.2, 0.25) is 0 Å². The Balaban J connectivity index is 1.87. The fourth-order valence-electron chi connectivity index (χ4n) is 2.76. The van der Waals surface area contributed by atoms with E-state index >= 15 is 0 Å². The molecule has 1 amide bonds. The van der Waals surface area contributed by atoms with E-state index in [9.17, 15) is 4.79 Å². The minimum absolute atomic E-state index is 0.0420. The first-order valence-electron chi connectivity index (χ1n) is 7.76. The van der Waals surface area contributed by atoms with Crippen LogP contribution in [-0.2, 0) is 0 Å². The zero-order chi connectivity index (χ0) is 15.4. The number of piperidine rings is 1. The molecule has 1 heterocycles. The highest BCUT2D eigenvalue weighted by molar-refractivity contribution is 14.1. The number of benzene rings is 1. The molecule has 1 unspecified atom stereocenters. The van der Waals surface area contributed by atoms with Gasteiger partial charge in [0.15, 0.2) is 0 Å². The Morgan fingerprint density at radius 3 is 2.76 bits per heavy atom. The van der Waals surface area contributed by atoms with Gasteiger partial charge in [0, 0.05) is 16.2 Å². The summed E-state index contributed by atoms with van der Waals surface area (Å²) in [4.78, 5) is 14.8. The summed E-state index contributed by atoms with van der Waals surface area (Å²) in [6, 6.07) is 6.29. The Hall–Kier alpha value is -0.620. The van der Waals surface area contributed by atoms with Crippen molar-refractivity contribution in [3.8, 4) is 0 Å².